The van der Waals surface area contributed by atoms with Gasteiger partial charge in [-0.05, 0) is 24.3 Å². The third-order valence-electron chi connectivity index (χ3n) is 3.27. The number of imidazole rings is 1. The molecule has 0 radical (unpaired) electrons. The molecule has 0 saturated heterocycles. The highest BCUT2D eigenvalue weighted by Gasteiger charge is 2.15. The van der Waals surface area contributed by atoms with Gasteiger partial charge in [-0.15, -0.1) is 0 Å². The van der Waals surface area contributed by atoms with Gasteiger partial charge < -0.3 is 15.2 Å². The number of rotatable bonds is 3. The Balaban J connectivity index is 2.31. The number of nitrogens with two attached hydrogens (primary N) is 1. The van der Waals surface area contributed by atoms with Crippen LogP contribution in [0.1, 0.15) is 0 Å². The molecule has 0 aliphatic carbocycles. The van der Waals surface area contributed by atoms with Gasteiger partial charge in [-0.2, -0.15) is 0 Å². The molecule has 0 amide bonds. The van der Waals surface area contributed by atoms with Gasteiger partial charge in [0.05, 0.1) is 30.9 Å². The van der Waals surface area contributed by atoms with Crippen molar-refractivity contribution in [3.63, 3.8) is 0 Å². The molecular formula is C15H14FN3O2. The maximum atomic E-state index is 13.4. The van der Waals surface area contributed by atoms with Crippen LogP contribution in [0.5, 0.6) is 11.5 Å². The van der Waals surface area contributed by atoms with Crippen molar-refractivity contribution < 1.29 is 13.9 Å². The van der Waals surface area contributed by atoms with E-state index in [1.165, 1.54) is 19.2 Å². The molecule has 0 aliphatic heterocycles. The van der Waals surface area contributed by atoms with Crippen molar-refractivity contribution in [1.82, 2.24) is 9.55 Å². The Hall–Kier alpha value is -2.76. The zero-order valence-corrected chi connectivity index (χ0v) is 11.6. The average molecular weight is 287 g/mol. The number of anilines is 1. The average Bonchev–Trinajstić information content (AvgIpc) is 2.82. The normalized spacial score (nSPS) is 10.8. The number of nitrogen functional groups attached to an aromatic ring is 1. The predicted molar refractivity (Wildman–Crippen MR) is 78.5 cm³/mol. The van der Waals surface area contributed by atoms with E-state index in [-0.39, 0.29) is 5.82 Å². The largest absolute Gasteiger partial charge is 0.497 e. The molecule has 2 aromatic carbocycles. The van der Waals surface area contributed by atoms with Crippen molar-refractivity contribution in [2.75, 3.05) is 20.0 Å². The number of fused-ring (bicyclic) bond motifs is 1. The number of methoxy groups -OCH3 is 2. The van der Waals surface area contributed by atoms with Gasteiger partial charge in [0, 0.05) is 12.1 Å². The van der Waals surface area contributed by atoms with Gasteiger partial charge in [-0.25, -0.2) is 9.37 Å². The highest BCUT2D eigenvalue weighted by molar-refractivity contribution is 5.83. The predicted octanol–water partition coefficient (Wildman–Crippen LogP) is 2.76. The molecule has 5 nitrogen and oxygen atoms in total. The van der Waals surface area contributed by atoms with Crippen LogP contribution in [0.15, 0.2) is 36.4 Å². The number of hydrogen-bond acceptors (Lipinski definition) is 4. The van der Waals surface area contributed by atoms with Crippen molar-refractivity contribution in [1.29, 1.82) is 0 Å². The van der Waals surface area contributed by atoms with Gasteiger partial charge >= 0.3 is 0 Å². The third kappa shape index (κ3) is 2.14. The van der Waals surface area contributed by atoms with E-state index in [9.17, 15) is 4.39 Å². The fourth-order valence-corrected chi connectivity index (χ4v) is 2.29. The molecular weight excluding hydrogens is 273 g/mol. The van der Waals surface area contributed by atoms with Crippen LogP contribution in [0, 0.1) is 5.82 Å². The zero-order chi connectivity index (χ0) is 15.0. The standard InChI is InChI=1S/C15H14FN3O2/c1-20-10-4-5-11-13(8-10)19(15(17)18-11)12-6-3-9(16)7-14(12)21-2/h3-8H,1-2H3,(H2,17,18). The summed E-state index contributed by atoms with van der Waals surface area (Å²) < 4.78 is 25.5. The Morgan fingerprint density at radius 1 is 1.10 bits per heavy atom. The van der Waals surface area contributed by atoms with E-state index in [4.69, 9.17) is 15.2 Å². The Morgan fingerprint density at radius 2 is 1.90 bits per heavy atom. The molecule has 0 bridgehead atoms. The topological polar surface area (TPSA) is 62.3 Å². The maximum absolute atomic E-state index is 13.4. The lowest BCUT2D eigenvalue weighted by Gasteiger charge is -2.12. The quantitative estimate of drug-likeness (QED) is 0.804. The Morgan fingerprint density at radius 3 is 2.62 bits per heavy atom. The van der Waals surface area contributed by atoms with Gasteiger partial charge in [-0.1, -0.05) is 0 Å². The minimum atomic E-state index is -0.379. The van der Waals surface area contributed by atoms with Crippen molar-refractivity contribution in [3.05, 3.63) is 42.2 Å². The molecule has 1 heterocycles. The number of aromatic nitrogens is 2. The summed E-state index contributed by atoms with van der Waals surface area (Å²) in [6.45, 7) is 0. The van der Waals surface area contributed by atoms with E-state index in [2.05, 4.69) is 4.98 Å². The summed E-state index contributed by atoms with van der Waals surface area (Å²) in [4.78, 5) is 4.30. The molecule has 2 N–H and O–H groups in total. The second kappa shape index (κ2) is 4.97. The van der Waals surface area contributed by atoms with Crippen molar-refractivity contribution in [2.45, 2.75) is 0 Å². The zero-order valence-electron chi connectivity index (χ0n) is 11.6. The van der Waals surface area contributed by atoms with Crippen molar-refractivity contribution >= 4 is 17.0 Å². The molecule has 6 heteroatoms. The molecule has 0 spiro atoms. The van der Waals surface area contributed by atoms with E-state index < -0.39 is 0 Å². The highest BCUT2D eigenvalue weighted by Crippen LogP contribution is 2.31. The molecule has 0 saturated carbocycles. The van der Waals surface area contributed by atoms with Crippen LogP contribution in [-0.2, 0) is 0 Å². The molecule has 0 fully saturated rings. The molecule has 3 aromatic rings. The number of hydrogen-bond donors (Lipinski definition) is 1. The number of ether oxygens (including phenoxy) is 2. The molecule has 1 aromatic heterocycles. The first-order valence-electron chi connectivity index (χ1n) is 6.30. The van der Waals surface area contributed by atoms with Gasteiger partial charge in [0.2, 0.25) is 5.95 Å². The van der Waals surface area contributed by atoms with Crippen LogP contribution in [0.25, 0.3) is 16.7 Å². The smallest absolute Gasteiger partial charge is 0.206 e. The number of halogens is 1. The fraction of sp³-hybridized carbons (Fsp3) is 0.133. The first-order valence-corrected chi connectivity index (χ1v) is 6.30. The Labute approximate surface area is 120 Å². The minimum absolute atomic E-state index is 0.295. The SMILES string of the molecule is COc1ccc2nc(N)n(-c3ccc(F)cc3OC)c2c1. The second-order valence-electron chi connectivity index (χ2n) is 4.48. The molecule has 0 atom stereocenters. The molecule has 0 unspecified atom stereocenters. The van der Waals surface area contributed by atoms with Crippen molar-refractivity contribution in [3.8, 4) is 17.2 Å². The molecule has 0 aliphatic rings. The lowest BCUT2D eigenvalue weighted by atomic mass is 10.2. The second-order valence-corrected chi connectivity index (χ2v) is 4.48. The summed E-state index contributed by atoms with van der Waals surface area (Å²) in [6, 6.07) is 9.70. The third-order valence-corrected chi connectivity index (χ3v) is 3.27. The van der Waals surface area contributed by atoms with E-state index in [0.29, 0.717) is 23.1 Å². The number of benzene rings is 2. The monoisotopic (exact) mass is 287 g/mol. The van der Waals surface area contributed by atoms with Crippen LogP contribution in [0.2, 0.25) is 0 Å². The fourth-order valence-electron chi connectivity index (χ4n) is 2.29. The number of nitrogens with zero attached hydrogens (tertiary/aromatic N) is 2. The Kier molecular flexibility index (Phi) is 3.13. The molecule has 21 heavy (non-hydrogen) atoms. The van der Waals surface area contributed by atoms with Crippen LogP contribution in [0.4, 0.5) is 10.3 Å². The highest BCUT2D eigenvalue weighted by atomic mass is 19.1. The Bertz CT molecular complexity index is 814. The van der Waals surface area contributed by atoms with E-state index >= 15 is 0 Å². The minimum Gasteiger partial charge on any atom is -0.497 e. The van der Waals surface area contributed by atoms with E-state index in [1.807, 2.05) is 12.1 Å². The van der Waals surface area contributed by atoms with E-state index in [0.717, 1.165) is 11.0 Å². The van der Waals surface area contributed by atoms with Crippen molar-refractivity contribution in [2.24, 2.45) is 0 Å². The van der Waals surface area contributed by atoms with Crippen LogP contribution < -0.4 is 15.2 Å². The van der Waals surface area contributed by atoms with Crippen LogP contribution in [0.3, 0.4) is 0 Å². The molecule has 108 valence electrons. The summed E-state index contributed by atoms with van der Waals surface area (Å²) in [5.41, 5.74) is 8.10. The summed E-state index contributed by atoms with van der Waals surface area (Å²) in [7, 11) is 3.07. The first-order chi connectivity index (χ1) is 10.1. The first kappa shape index (κ1) is 13.2. The summed E-state index contributed by atoms with van der Waals surface area (Å²) >= 11 is 0. The van der Waals surface area contributed by atoms with E-state index in [1.54, 1.807) is 23.8 Å². The van der Waals surface area contributed by atoms with Gasteiger partial charge in [0.15, 0.2) is 0 Å². The maximum Gasteiger partial charge on any atom is 0.206 e. The van der Waals surface area contributed by atoms with Gasteiger partial charge in [-0.3, -0.25) is 4.57 Å². The lowest BCUT2D eigenvalue weighted by molar-refractivity contribution is 0.409. The lowest BCUT2D eigenvalue weighted by Crippen LogP contribution is -2.03. The van der Waals surface area contributed by atoms with Crippen LogP contribution >= 0.6 is 0 Å². The summed E-state index contributed by atoms with van der Waals surface area (Å²) in [5.74, 6) is 0.980. The van der Waals surface area contributed by atoms with Crippen LogP contribution in [-0.4, -0.2) is 23.8 Å². The van der Waals surface area contributed by atoms with Gasteiger partial charge in [0.25, 0.3) is 0 Å². The summed E-state index contributed by atoms with van der Waals surface area (Å²) in [5, 5.41) is 0. The molecule has 3 rings (SSSR count). The van der Waals surface area contributed by atoms with Gasteiger partial charge in [0.1, 0.15) is 17.3 Å². The summed E-state index contributed by atoms with van der Waals surface area (Å²) in [6.07, 6.45) is 0.